The molecule has 0 saturated carbocycles. The van der Waals surface area contributed by atoms with Gasteiger partial charge in [-0.3, -0.25) is 0 Å². The molecule has 1 aliphatic heterocycles. The topological polar surface area (TPSA) is 70.8 Å². The molecule has 5 nitrogen and oxygen atoms in total. The van der Waals surface area contributed by atoms with E-state index in [9.17, 15) is 0 Å². The second-order valence-electron chi connectivity index (χ2n) is 4.93. The third-order valence-electron chi connectivity index (χ3n) is 3.70. The number of piperidine rings is 1. The quantitative estimate of drug-likeness (QED) is 0.879. The van der Waals surface area contributed by atoms with E-state index in [2.05, 4.69) is 19.9 Å². The van der Waals surface area contributed by atoms with E-state index in [1.807, 2.05) is 30.7 Å². The summed E-state index contributed by atoms with van der Waals surface area (Å²) in [4.78, 5) is 14.4. The molecule has 3 heterocycles. The summed E-state index contributed by atoms with van der Waals surface area (Å²) in [6.07, 6.45) is 9.22. The van der Waals surface area contributed by atoms with E-state index in [4.69, 9.17) is 5.73 Å². The van der Waals surface area contributed by atoms with Gasteiger partial charge in [-0.2, -0.15) is 0 Å². The van der Waals surface area contributed by atoms with Crippen LogP contribution >= 0.6 is 0 Å². The van der Waals surface area contributed by atoms with Crippen molar-refractivity contribution in [1.29, 1.82) is 0 Å². The molecule has 1 saturated heterocycles. The minimum absolute atomic E-state index is 0.380. The highest BCUT2D eigenvalue weighted by molar-refractivity contribution is 5.57. The highest BCUT2D eigenvalue weighted by Gasteiger charge is 2.23. The first-order chi connectivity index (χ1) is 9.38. The number of hydrogen-bond donors (Lipinski definition) is 2. The average Bonchev–Trinajstić information content (AvgIpc) is 3.02. The Bertz CT molecular complexity index is 505. The smallest absolute Gasteiger partial charge is 0.225 e. The van der Waals surface area contributed by atoms with Gasteiger partial charge in [0.25, 0.3) is 0 Å². The molecule has 0 amide bonds. The number of H-pyrrole nitrogens is 1. The lowest BCUT2D eigenvalue weighted by molar-refractivity contribution is 0.458. The fourth-order valence-electron chi connectivity index (χ4n) is 2.63. The maximum Gasteiger partial charge on any atom is 0.225 e. The fraction of sp³-hybridized carbons (Fsp3) is 0.429. The number of aromatic amines is 1. The van der Waals surface area contributed by atoms with E-state index in [0.29, 0.717) is 12.6 Å². The van der Waals surface area contributed by atoms with E-state index >= 15 is 0 Å². The van der Waals surface area contributed by atoms with E-state index in [0.717, 1.165) is 30.2 Å². The molecule has 0 radical (unpaired) electrons. The summed E-state index contributed by atoms with van der Waals surface area (Å²) in [6, 6.07) is 4.37. The molecule has 0 aromatic carbocycles. The molecule has 100 valence electrons. The second-order valence-corrected chi connectivity index (χ2v) is 4.93. The third kappa shape index (κ3) is 2.46. The highest BCUT2D eigenvalue weighted by atomic mass is 15.3. The van der Waals surface area contributed by atoms with Gasteiger partial charge < -0.3 is 15.6 Å². The summed E-state index contributed by atoms with van der Waals surface area (Å²) < 4.78 is 0. The molecule has 0 spiro atoms. The molecule has 3 rings (SSSR count). The summed E-state index contributed by atoms with van der Waals surface area (Å²) in [5.74, 6) is 0.797. The summed E-state index contributed by atoms with van der Waals surface area (Å²) >= 11 is 0. The van der Waals surface area contributed by atoms with Crippen LogP contribution in [0.3, 0.4) is 0 Å². The van der Waals surface area contributed by atoms with Crippen molar-refractivity contribution in [3.05, 3.63) is 30.7 Å². The first-order valence-corrected chi connectivity index (χ1v) is 6.81. The van der Waals surface area contributed by atoms with Gasteiger partial charge in [0.1, 0.15) is 0 Å². The van der Waals surface area contributed by atoms with Crippen molar-refractivity contribution in [2.45, 2.75) is 25.3 Å². The van der Waals surface area contributed by atoms with Crippen LogP contribution in [0.2, 0.25) is 0 Å². The van der Waals surface area contributed by atoms with Crippen molar-refractivity contribution in [1.82, 2.24) is 15.0 Å². The number of rotatable bonds is 3. The van der Waals surface area contributed by atoms with E-state index in [1.54, 1.807) is 0 Å². The van der Waals surface area contributed by atoms with Crippen molar-refractivity contribution in [3.8, 4) is 11.3 Å². The molecule has 0 aliphatic carbocycles. The van der Waals surface area contributed by atoms with Crippen LogP contribution in [-0.2, 0) is 0 Å². The Morgan fingerprint density at radius 1 is 1.32 bits per heavy atom. The van der Waals surface area contributed by atoms with Crippen molar-refractivity contribution in [2.75, 3.05) is 18.0 Å². The predicted octanol–water partition coefficient (Wildman–Crippen LogP) is 1.79. The zero-order chi connectivity index (χ0) is 13.1. The number of nitrogens with zero attached hydrogens (tertiary/aromatic N) is 3. The molecule has 5 heteroatoms. The number of hydrogen-bond acceptors (Lipinski definition) is 4. The molecule has 1 atom stereocenters. The fourth-order valence-corrected chi connectivity index (χ4v) is 2.63. The van der Waals surface area contributed by atoms with Gasteiger partial charge in [0.2, 0.25) is 5.95 Å². The number of nitrogens with two attached hydrogens (primary N) is 1. The van der Waals surface area contributed by atoms with Crippen molar-refractivity contribution in [2.24, 2.45) is 5.73 Å². The highest BCUT2D eigenvalue weighted by Crippen LogP contribution is 2.22. The summed E-state index contributed by atoms with van der Waals surface area (Å²) in [5.41, 5.74) is 7.89. The minimum atomic E-state index is 0.380. The summed E-state index contributed by atoms with van der Waals surface area (Å²) in [7, 11) is 0. The van der Waals surface area contributed by atoms with Crippen LogP contribution < -0.4 is 10.6 Å². The number of aromatic nitrogens is 3. The normalized spacial score (nSPS) is 19.6. The molecular formula is C14H19N5. The standard InChI is InChI=1S/C14H19N5/c15-8-12-4-1-2-7-19(12)14-17-9-11(10-18-14)13-5-3-6-16-13/h3,5-6,9-10,12,16H,1-2,4,7-8,15H2. The molecule has 19 heavy (non-hydrogen) atoms. The Labute approximate surface area is 112 Å². The Balaban J connectivity index is 1.81. The monoisotopic (exact) mass is 257 g/mol. The van der Waals surface area contributed by atoms with Crippen molar-refractivity contribution >= 4 is 5.95 Å². The minimum Gasteiger partial charge on any atom is -0.361 e. The Morgan fingerprint density at radius 2 is 2.16 bits per heavy atom. The van der Waals surface area contributed by atoms with Crippen LogP contribution in [0.5, 0.6) is 0 Å². The van der Waals surface area contributed by atoms with Crippen LogP contribution in [0, 0.1) is 0 Å². The first-order valence-electron chi connectivity index (χ1n) is 6.81. The average molecular weight is 257 g/mol. The van der Waals surface area contributed by atoms with E-state index in [1.165, 1.54) is 12.8 Å². The molecule has 2 aromatic rings. The molecule has 1 fully saturated rings. The van der Waals surface area contributed by atoms with Crippen LogP contribution in [0.15, 0.2) is 30.7 Å². The van der Waals surface area contributed by atoms with E-state index < -0.39 is 0 Å². The predicted molar refractivity (Wildman–Crippen MR) is 75.9 cm³/mol. The number of nitrogens with one attached hydrogen (secondary N) is 1. The van der Waals surface area contributed by atoms with Crippen LogP contribution in [0.25, 0.3) is 11.3 Å². The molecular weight excluding hydrogens is 238 g/mol. The second kappa shape index (κ2) is 5.40. The van der Waals surface area contributed by atoms with Crippen LogP contribution in [0.1, 0.15) is 19.3 Å². The lowest BCUT2D eigenvalue weighted by Gasteiger charge is -2.34. The van der Waals surface area contributed by atoms with Crippen molar-refractivity contribution in [3.63, 3.8) is 0 Å². The lowest BCUT2D eigenvalue weighted by Crippen LogP contribution is -2.45. The molecule has 2 aromatic heterocycles. The molecule has 1 aliphatic rings. The van der Waals surface area contributed by atoms with Crippen LogP contribution in [0.4, 0.5) is 5.95 Å². The van der Waals surface area contributed by atoms with E-state index in [-0.39, 0.29) is 0 Å². The van der Waals surface area contributed by atoms with Gasteiger partial charge in [-0.15, -0.1) is 0 Å². The summed E-state index contributed by atoms with van der Waals surface area (Å²) in [6.45, 7) is 1.67. The maximum atomic E-state index is 5.84. The van der Waals surface area contributed by atoms with Gasteiger partial charge >= 0.3 is 0 Å². The Hall–Kier alpha value is -1.88. The lowest BCUT2D eigenvalue weighted by atomic mass is 10.0. The molecule has 3 N–H and O–H groups in total. The Morgan fingerprint density at radius 3 is 2.84 bits per heavy atom. The zero-order valence-electron chi connectivity index (χ0n) is 10.9. The van der Waals surface area contributed by atoms with Gasteiger partial charge in [-0.1, -0.05) is 0 Å². The maximum absolute atomic E-state index is 5.84. The van der Waals surface area contributed by atoms with Gasteiger partial charge in [0.15, 0.2) is 0 Å². The molecule has 1 unspecified atom stereocenters. The van der Waals surface area contributed by atoms with Crippen molar-refractivity contribution < 1.29 is 0 Å². The summed E-state index contributed by atoms with van der Waals surface area (Å²) in [5, 5.41) is 0. The largest absolute Gasteiger partial charge is 0.361 e. The zero-order valence-corrected chi connectivity index (χ0v) is 10.9. The van der Waals surface area contributed by atoms with Gasteiger partial charge in [-0.05, 0) is 31.4 Å². The third-order valence-corrected chi connectivity index (χ3v) is 3.70. The van der Waals surface area contributed by atoms with Gasteiger partial charge in [-0.25, -0.2) is 9.97 Å². The Kier molecular flexibility index (Phi) is 3.46. The molecule has 0 bridgehead atoms. The van der Waals surface area contributed by atoms with Crippen LogP contribution in [-0.4, -0.2) is 34.1 Å². The SMILES string of the molecule is NCC1CCCCN1c1ncc(-c2ccc[nH]2)cn1. The number of anilines is 1. The first kappa shape index (κ1) is 12.2. The van der Waals surface area contributed by atoms with Gasteiger partial charge in [0.05, 0.1) is 0 Å². The van der Waals surface area contributed by atoms with Gasteiger partial charge in [0, 0.05) is 49.0 Å².